The Morgan fingerprint density at radius 1 is 0.875 bits per heavy atom. The van der Waals surface area contributed by atoms with E-state index in [2.05, 4.69) is 21.3 Å². The molecule has 2 aromatic carbocycles. The van der Waals surface area contributed by atoms with Crippen LogP contribution in [0.15, 0.2) is 60.7 Å². The van der Waals surface area contributed by atoms with Gasteiger partial charge >= 0.3 is 0 Å². The number of benzene rings is 2. The van der Waals surface area contributed by atoms with Crippen molar-refractivity contribution in [3.05, 3.63) is 71.8 Å². The average molecular weight is 664 g/mol. The molecule has 0 bridgehead atoms. The van der Waals surface area contributed by atoms with Crippen molar-refractivity contribution in [1.29, 1.82) is 0 Å². The highest BCUT2D eigenvalue weighted by molar-refractivity contribution is 5.90. The molecule has 2 aliphatic heterocycles. The number of likely N-dealkylation sites (tertiary alicyclic amines) is 1. The summed E-state index contributed by atoms with van der Waals surface area (Å²) in [6.45, 7) is 7.97. The second-order valence-corrected chi connectivity index (χ2v) is 14.2. The topological polar surface area (TPSA) is 175 Å². The predicted molar refractivity (Wildman–Crippen MR) is 189 cm³/mol. The Bertz CT molecular complexity index is 1280. The summed E-state index contributed by atoms with van der Waals surface area (Å²) >= 11 is 0. The van der Waals surface area contributed by atoms with Gasteiger partial charge in [0, 0.05) is 24.9 Å². The average Bonchev–Trinajstić information content (AvgIpc) is 3.06. The van der Waals surface area contributed by atoms with E-state index in [0.29, 0.717) is 25.8 Å². The largest absolute Gasteiger partial charge is 0.376 e. The maximum Gasteiger partial charge on any atom is 0.243 e. The maximum atomic E-state index is 13.9. The van der Waals surface area contributed by atoms with Gasteiger partial charge in [0.2, 0.25) is 17.7 Å². The predicted octanol–water partition coefficient (Wildman–Crippen LogP) is 1.43. The van der Waals surface area contributed by atoms with Gasteiger partial charge in [-0.05, 0) is 75.2 Å². The third-order valence-electron chi connectivity index (χ3n) is 9.63. The quantitative estimate of drug-likeness (QED) is 0.0927. The van der Waals surface area contributed by atoms with Crippen molar-refractivity contribution in [1.82, 2.24) is 26.2 Å². The van der Waals surface area contributed by atoms with Crippen LogP contribution in [0.5, 0.6) is 0 Å². The first-order valence-electron chi connectivity index (χ1n) is 17.7. The van der Waals surface area contributed by atoms with Gasteiger partial charge in [0.05, 0.1) is 18.1 Å². The number of hydrogen-bond donors (Lipinski definition) is 7. The van der Waals surface area contributed by atoms with Gasteiger partial charge in [-0.3, -0.25) is 19.7 Å². The minimum atomic E-state index is -1.19. The van der Waals surface area contributed by atoms with Crippen LogP contribution in [0, 0.1) is 11.3 Å². The van der Waals surface area contributed by atoms with Crippen LogP contribution in [0.3, 0.4) is 0 Å². The third-order valence-corrected chi connectivity index (χ3v) is 9.63. The molecule has 2 fully saturated rings. The zero-order valence-corrected chi connectivity index (χ0v) is 28.7. The summed E-state index contributed by atoms with van der Waals surface area (Å²) in [7, 11) is 0. The van der Waals surface area contributed by atoms with E-state index in [9.17, 15) is 19.5 Å². The van der Waals surface area contributed by atoms with E-state index < -0.39 is 42.2 Å². The second-order valence-electron chi connectivity index (χ2n) is 14.2. The molecular weight excluding hydrogens is 606 g/mol. The first kappa shape index (κ1) is 37.5. The molecule has 264 valence electrons. The number of aliphatic hydroxyl groups excluding tert-OH is 1. The lowest BCUT2D eigenvalue weighted by atomic mass is 9.72. The fourth-order valence-corrected chi connectivity index (χ4v) is 6.86. The fourth-order valence-electron chi connectivity index (χ4n) is 6.86. The number of nitrogens with zero attached hydrogens (tertiary/aromatic N) is 1. The van der Waals surface area contributed by atoms with E-state index in [4.69, 9.17) is 11.5 Å². The zero-order chi connectivity index (χ0) is 34.5. The van der Waals surface area contributed by atoms with Crippen LogP contribution in [0.1, 0.15) is 63.5 Å². The molecule has 0 saturated carbocycles. The van der Waals surface area contributed by atoms with Gasteiger partial charge < -0.3 is 37.4 Å². The van der Waals surface area contributed by atoms with Crippen LogP contribution in [0.2, 0.25) is 0 Å². The second kappa shape index (κ2) is 18.4. The van der Waals surface area contributed by atoms with Crippen molar-refractivity contribution in [3.63, 3.8) is 0 Å². The Hall–Kier alpha value is -3.35. The normalized spacial score (nSPS) is 18.8. The Labute approximate surface area is 286 Å². The number of piperidine rings is 1. The van der Waals surface area contributed by atoms with Gasteiger partial charge in [-0.2, -0.15) is 0 Å². The number of amides is 3. The highest BCUT2D eigenvalue weighted by Crippen LogP contribution is 2.39. The smallest absolute Gasteiger partial charge is 0.243 e. The van der Waals surface area contributed by atoms with Crippen molar-refractivity contribution < 1.29 is 19.5 Å². The summed E-state index contributed by atoms with van der Waals surface area (Å²) in [5.74, 6) is -0.742. The molecule has 5 atom stereocenters. The third kappa shape index (κ3) is 11.1. The Balaban J connectivity index is 1.45. The fraction of sp³-hybridized carbons (Fsp3) is 0.595. The Kier molecular flexibility index (Phi) is 14.4. The van der Waals surface area contributed by atoms with E-state index in [-0.39, 0.29) is 23.7 Å². The highest BCUT2D eigenvalue weighted by Gasteiger charge is 2.47. The Morgan fingerprint density at radius 2 is 1.48 bits per heavy atom. The number of nitrogens with two attached hydrogens (primary N) is 2. The summed E-state index contributed by atoms with van der Waals surface area (Å²) in [6.07, 6.45) is 4.03. The number of carbonyl (C=O) groups excluding carboxylic acids is 3. The lowest BCUT2D eigenvalue weighted by molar-refractivity contribution is -0.149. The van der Waals surface area contributed by atoms with Crippen LogP contribution in [-0.4, -0.2) is 90.8 Å². The van der Waals surface area contributed by atoms with Crippen LogP contribution in [0.25, 0.3) is 0 Å². The molecule has 3 amide bonds. The van der Waals surface area contributed by atoms with Crippen molar-refractivity contribution in [2.75, 3.05) is 32.7 Å². The van der Waals surface area contributed by atoms with Gasteiger partial charge in [-0.15, -0.1) is 0 Å². The van der Waals surface area contributed by atoms with Crippen molar-refractivity contribution >= 4 is 17.7 Å². The molecule has 0 aliphatic carbocycles. The summed E-state index contributed by atoms with van der Waals surface area (Å²) < 4.78 is 0. The number of carbonyl (C=O) groups is 3. The molecule has 9 N–H and O–H groups in total. The van der Waals surface area contributed by atoms with E-state index in [1.165, 1.54) is 0 Å². The molecule has 1 spiro atoms. The summed E-state index contributed by atoms with van der Waals surface area (Å²) in [6, 6.07) is 15.9. The van der Waals surface area contributed by atoms with Crippen LogP contribution in [0.4, 0.5) is 0 Å². The standard InChI is InChI=1S/C37H57N7O4/c1-26(2)21-31(34(46)41-30(15-9-10-18-38)36(48)44-24-37(25-44)16-19-40-20-17-37)43-35(47)32(23-28-13-7-4-8-14-28)42-33(45)29(39)22-27-11-5-3-6-12-27/h3-8,11-14,26,29-32,34,40-41,46H,9-10,15-25,38-39H2,1-2H3,(H,42,45)(H,43,47)/t29-,30-,31-,32-,34?/m1/s1. The molecule has 48 heavy (non-hydrogen) atoms. The van der Waals surface area contributed by atoms with Crippen molar-refractivity contribution in [3.8, 4) is 0 Å². The van der Waals surface area contributed by atoms with Gasteiger partial charge in [0.1, 0.15) is 12.3 Å². The first-order chi connectivity index (χ1) is 23.1. The van der Waals surface area contributed by atoms with Crippen LogP contribution >= 0.6 is 0 Å². The van der Waals surface area contributed by atoms with Crippen molar-refractivity contribution in [2.45, 2.75) is 95.6 Å². The first-order valence-corrected chi connectivity index (χ1v) is 17.7. The molecule has 2 heterocycles. The number of nitrogens with one attached hydrogen (secondary N) is 4. The molecule has 0 aromatic heterocycles. The molecule has 2 saturated heterocycles. The minimum Gasteiger partial charge on any atom is -0.376 e. The lowest BCUT2D eigenvalue weighted by Gasteiger charge is -2.53. The van der Waals surface area contributed by atoms with E-state index in [1.54, 1.807) is 0 Å². The highest BCUT2D eigenvalue weighted by atomic mass is 16.3. The SMILES string of the molecule is CC(C)C[C@@H](NC(=O)[C@@H](Cc1ccccc1)NC(=O)[C@H](N)Cc1ccccc1)C(O)N[C@H](CCCCN)C(=O)N1CC2(CCNCC2)C1. The van der Waals surface area contributed by atoms with E-state index >= 15 is 0 Å². The number of rotatable bonds is 18. The van der Waals surface area contributed by atoms with Crippen LogP contribution in [-0.2, 0) is 27.2 Å². The molecule has 0 radical (unpaired) electrons. The monoisotopic (exact) mass is 663 g/mol. The summed E-state index contributed by atoms with van der Waals surface area (Å²) in [4.78, 5) is 42.8. The molecule has 11 heteroatoms. The molecule has 2 aliphatic rings. The molecule has 1 unspecified atom stereocenters. The van der Waals surface area contributed by atoms with Gasteiger partial charge in [0.15, 0.2) is 0 Å². The number of aliphatic hydroxyl groups is 1. The van der Waals surface area contributed by atoms with Crippen molar-refractivity contribution in [2.24, 2.45) is 22.8 Å². The number of hydrogen-bond acceptors (Lipinski definition) is 8. The zero-order valence-electron chi connectivity index (χ0n) is 28.7. The van der Waals surface area contributed by atoms with Crippen LogP contribution < -0.4 is 32.7 Å². The summed E-state index contributed by atoms with van der Waals surface area (Å²) in [5.41, 5.74) is 14.0. The summed E-state index contributed by atoms with van der Waals surface area (Å²) in [5, 5.41) is 24.1. The van der Waals surface area contributed by atoms with E-state index in [1.807, 2.05) is 79.4 Å². The lowest BCUT2D eigenvalue weighted by Crippen LogP contribution is -2.66. The Morgan fingerprint density at radius 3 is 2.06 bits per heavy atom. The van der Waals surface area contributed by atoms with Gasteiger partial charge in [0.25, 0.3) is 0 Å². The maximum absolute atomic E-state index is 13.9. The van der Waals surface area contributed by atoms with Gasteiger partial charge in [-0.1, -0.05) is 80.9 Å². The molecule has 11 nitrogen and oxygen atoms in total. The van der Waals surface area contributed by atoms with Gasteiger partial charge in [-0.25, -0.2) is 0 Å². The molecule has 2 aromatic rings. The van der Waals surface area contributed by atoms with E-state index in [0.717, 1.165) is 63.0 Å². The molecule has 4 rings (SSSR count). The molecular formula is C37H57N7O4. The minimum absolute atomic E-state index is 0.0218. The number of unbranched alkanes of at least 4 members (excludes halogenated alkanes) is 1.